The molecule has 1 saturated heterocycles. The van der Waals surface area contributed by atoms with Gasteiger partial charge >= 0.3 is 0 Å². The molecule has 0 bridgehead atoms. The fourth-order valence-corrected chi connectivity index (χ4v) is 4.84. The largest absolute Gasteiger partial charge is 0.355 e. The number of anilines is 1. The van der Waals surface area contributed by atoms with Crippen molar-refractivity contribution in [2.45, 2.75) is 24.5 Å². The maximum absolute atomic E-state index is 14.1. The van der Waals surface area contributed by atoms with Crippen molar-refractivity contribution >= 4 is 41.0 Å². The summed E-state index contributed by atoms with van der Waals surface area (Å²) in [5.41, 5.74) is 0.984. The first-order chi connectivity index (χ1) is 17.4. The Morgan fingerprint density at radius 3 is 2.72 bits per heavy atom. The van der Waals surface area contributed by atoms with Gasteiger partial charge in [-0.1, -0.05) is 41.6 Å². The van der Waals surface area contributed by atoms with E-state index in [0.717, 1.165) is 5.69 Å². The van der Waals surface area contributed by atoms with Crippen molar-refractivity contribution in [3.63, 3.8) is 0 Å². The Bertz CT molecular complexity index is 1220. The van der Waals surface area contributed by atoms with Crippen LogP contribution in [0.15, 0.2) is 59.9 Å². The first-order valence-corrected chi connectivity index (χ1v) is 12.9. The summed E-state index contributed by atoms with van der Waals surface area (Å²) in [5.74, 6) is -0.204. The van der Waals surface area contributed by atoms with Gasteiger partial charge in [0.2, 0.25) is 5.91 Å². The van der Waals surface area contributed by atoms with Gasteiger partial charge in [-0.3, -0.25) is 14.6 Å². The van der Waals surface area contributed by atoms with E-state index < -0.39 is 5.82 Å². The Morgan fingerprint density at radius 2 is 1.97 bits per heavy atom. The van der Waals surface area contributed by atoms with Crippen molar-refractivity contribution in [3.8, 4) is 0 Å². The number of carbonyl (C=O) groups is 2. The molecule has 4 rings (SSSR count). The number of carbonyl (C=O) groups excluding carboxylic acids is 2. The van der Waals surface area contributed by atoms with E-state index in [1.54, 1.807) is 29.3 Å². The molecule has 1 fully saturated rings. The zero-order valence-electron chi connectivity index (χ0n) is 19.7. The second-order valence-electron chi connectivity index (χ2n) is 8.31. The minimum atomic E-state index is -0.526. The van der Waals surface area contributed by atoms with Gasteiger partial charge in [0.05, 0.1) is 11.3 Å². The maximum atomic E-state index is 14.1. The summed E-state index contributed by atoms with van der Waals surface area (Å²) < 4.78 is 14.1. The second kappa shape index (κ2) is 12.1. The molecule has 3 heterocycles. The maximum Gasteiger partial charge on any atom is 0.257 e. The lowest BCUT2D eigenvalue weighted by Gasteiger charge is -2.40. The topological polar surface area (TPSA) is 91.3 Å². The number of hydrogen-bond donors (Lipinski definition) is 1. The Morgan fingerprint density at radius 1 is 1.17 bits per heavy atom. The minimum absolute atomic E-state index is 0.0693. The van der Waals surface area contributed by atoms with Crippen LogP contribution in [0.25, 0.3) is 0 Å². The summed E-state index contributed by atoms with van der Waals surface area (Å²) >= 11 is 7.45. The van der Waals surface area contributed by atoms with Crippen LogP contribution < -0.4 is 10.2 Å². The third kappa shape index (κ3) is 6.70. The number of rotatable bonds is 8. The Labute approximate surface area is 218 Å². The highest BCUT2D eigenvalue weighted by molar-refractivity contribution is 7.99. The molecule has 1 aromatic carbocycles. The Kier molecular flexibility index (Phi) is 8.71. The van der Waals surface area contributed by atoms with E-state index in [1.807, 2.05) is 30.0 Å². The number of aromatic nitrogens is 3. The number of amides is 2. The van der Waals surface area contributed by atoms with Crippen LogP contribution in [0.2, 0.25) is 5.15 Å². The van der Waals surface area contributed by atoms with E-state index in [0.29, 0.717) is 43.6 Å². The number of thioether (sulfide) groups is 1. The lowest BCUT2D eigenvalue weighted by molar-refractivity contribution is -0.118. The van der Waals surface area contributed by atoms with Crippen molar-refractivity contribution < 1.29 is 14.0 Å². The first-order valence-electron chi connectivity index (χ1n) is 11.5. The monoisotopic (exact) mass is 528 g/mol. The van der Waals surface area contributed by atoms with Gasteiger partial charge in [-0.25, -0.2) is 14.4 Å². The summed E-state index contributed by atoms with van der Waals surface area (Å²) in [4.78, 5) is 41.8. The molecular formula is C25H26ClFN6O2S. The molecule has 0 radical (unpaired) electrons. The number of benzene rings is 1. The summed E-state index contributed by atoms with van der Waals surface area (Å²) in [6, 6.07) is 13.2. The molecule has 3 aromatic rings. The van der Waals surface area contributed by atoms with Gasteiger partial charge in [-0.2, -0.15) is 0 Å². The van der Waals surface area contributed by atoms with E-state index in [9.17, 15) is 14.0 Å². The average Bonchev–Trinajstić information content (AvgIpc) is 2.88. The number of nitrogens with zero attached hydrogens (tertiary/aromatic N) is 5. The van der Waals surface area contributed by atoms with Crippen LogP contribution in [0.5, 0.6) is 0 Å². The fraction of sp³-hybridized carbons (Fsp3) is 0.320. The van der Waals surface area contributed by atoms with Crippen molar-refractivity contribution in [1.82, 2.24) is 25.2 Å². The van der Waals surface area contributed by atoms with Crippen LogP contribution in [0.1, 0.15) is 23.0 Å². The molecule has 1 aliphatic heterocycles. The minimum Gasteiger partial charge on any atom is -0.355 e. The Balaban J connectivity index is 1.31. The smallest absolute Gasteiger partial charge is 0.257 e. The molecule has 2 aromatic heterocycles. The quantitative estimate of drug-likeness (QED) is 0.272. The van der Waals surface area contributed by atoms with Gasteiger partial charge in [0.1, 0.15) is 16.8 Å². The molecule has 11 heteroatoms. The molecule has 188 valence electrons. The van der Waals surface area contributed by atoms with Crippen LogP contribution in [-0.4, -0.2) is 69.6 Å². The molecule has 36 heavy (non-hydrogen) atoms. The van der Waals surface area contributed by atoms with Gasteiger partial charge in [0.25, 0.3) is 5.91 Å². The SMILES string of the molecule is CC1CN(c2cc(Cl)nc(SCC(=O)NCCc3ccccn3)n2)CCN1C(=O)c1ccccc1F. The lowest BCUT2D eigenvalue weighted by atomic mass is 10.1. The molecule has 2 amide bonds. The van der Waals surface area contributed by atoms with E-state index in [4.69, 9.17) is 11.6 Å². The molecule has 8 nitrogen and oxygen atoms in total. The van der Waals surface area contributed by atoms with E-state index >= 15 is 0 Å². The van der Waals surface area contributed by atoms with Gasteiger partial charge in [0.15, 0.2) is 5.16 Å². The van der Waals surface area contributed by atoms with Gasteiger partial charge in [-0.15, -0.1) is 0 Å². The van der Waals surface area contributed by atoms with Gasteiger partial charge < -0.3 is 15.1 Å². The number of halogens is 2. The lowest BCUT2D eigenvalue weighted by Crippen LogP contribution is -2.54. The van der Waals surface area contributed by atoms with Crippen molar-refractivity contribution in [1.29, 1.82) is 0 Å². The zero-order valence-corrected chi connectivity index (χ0v) is 21.3. The average molecular weight is 529 g/mol. The van der Waals surface area contributed by atoms with Crippen molar-refractivity contribution in [2.75, 3.05) is 36.8 Å². The molecular weight excluding hydrogens is 503 g/mol. The fourth-order valence-electron chi connectivity index (χ4n) is 3.93. The molecule has 1 N–H and O–H groups in total. The van der Waals surface area contributed by atoms with E-state index in [1.165, 1.54) is 23.9 Å². The highest BCUT2D eigenvalue weighted by Crippen LogP contribution is 2.25. The van der Waals surface area contributed by atoms with E-state index in [-0.39, 0.29) is 34.3 Å². The van der Waals surface area contributed by atoms with Gasteiger partial charge in [0, 0.05) is 56.6 Å². The third-order valence-corrected chi connectivity index (χ3v) is 6.78. The van der Waals surface area contributed by atoms with Crippen LogP contribution in [0.3, 0.4) is 0 Å². The van der Waals surface area contributed by atoms with Crippen LogP contribution in [0.4, 0.5) is 10.2 Å². The van der Waals surface area contributed by atoms with Gasteiger partial charge in [-0.05, 0) is 31.2 Å². The standard InChI is InChI=1S/C25H26ClFN6O2S/c1-17-15-32(12-13-33(17)24(35)19-7-2-3-8-20(19)27)22-14-21(26)30-25(31-22)36-16-23(34)29-11-9-18-6-4-5-10-28-18/h2-8,10,14,17H,9,11-13,15-16H2,1H3,(H,29,34). The number of piperazine rings is 1. The highest BCUT2D eigenvalue weighted by atomic mass is 35.5. The van der Waals surface area contributed by atoms with Crippen molar-refractivity contribution in [3.05, 3.63) is 77.0 Å². The predicted octanol–water partition coefficient (Wildman–Crippen LogP) is 3.47. The molecule has 1 unspecified atom stereocenters. The number of pyridine rings is 1. The van der Waals surface area contributed by atoms with E-state index in [2.05, 4.69) is 20.3 Å². The number of nitrogens with one attached hydrogen (secondary N) is 1. The normalized spacial score (nSPS) is 15.6. The summed E-state index contributed by atoms with van der Waals surface area (Å²) in [7, 11) is 0. The zero-order chi connectivity index (χ0) is 25.5. The molecule has 1 atom stereocenters. The third-order valence-electron chi connectivity index (χ3n) is 5.74. The first kappa shape index (κ1) is 25.8. The molecule has 0 saturated carbocycles. The molecule has 0 aliphatic carbocycles. The van der Waals surface area contributed by atoms with Crippen molar-refractivity contribution in [2.24, 2.45) is 0 Å². The van der Waals surface area contributed by atoms with Crippen LogP contribution in [0, 0.1) is 5.82 Å². The highest BCUT2D eigenvalue weighted by Gasteiger charge is 2.30. The summed E-state index contributed by atoms with van der Waals surface area (Å²) in [6.45, 7) is 3.84. The predicted molar refractivity (Wildman–Crippen MR) is 138 cm³/mol. The van der Waals surface area contributed by atoms with Crippen LogP contribution in [-0.2, 0) is 11.2 Å². The van der Waals surface area contributed by atoms with Crippen LogP contribution >= 0.6 is 23.4 Å². The molecule has 0 spiro atoms. The number of hydrogen-bond acceptors (Lipinski definition) is 7. The summed E-state index contributed by atoms with van der Waals surface area (Å²) in [6.07, 6.45) is 2.38. The second-order valence-corrected chi connectivity index (χ2v) is 9.64. The Hall–Kier alpha value is -3.24. The summed E-state index contributed by atoms with van der Waals surface area (Å²) in [5, 5.41) is 3.54. The molecule has 1 aliphatic rings.